The topological polar surface area (TPSA) is 51.6 Å². The first-order valence-electron chi connectivity index (χ1n) is 7.13. The van der Waals surface area contributed by atoms with Gasteiger partial charge in [0.1, 0.15) is 11.5 Å². The number of aromatic hydroxyl groups is 1. The quantitative estimate of drug-likeness (QED) is 0.726. The van der Waals surface area contributed by atoms with Gasteiger partial charge in [0.2, 0.25) is 5.88 Å². The fourth-order valence-corrected chi connectivity index (χ4v) is 1.95. The molecule has 130 valence electrons. The lowest BCUT2D eigenvalue weighted by Crippen LogP contribution is -2.06. The monoisotopic (exact) mass is 361 g/mol. The second-order valence-electron chi connectivity index (χ2n) is 4.90. The van der Waals surface area contributed by atoms with Crippen molar-refractivity contribution in [1.82, 2.24) is 4.98 Å². The highest BCUT2D eigenvalue weighted by Crippen LogP contribution is 2.29. The van der Waals surface area contributed by atoms with E-state index in [1.165, 1.54) is 18.2 Å². The Hall–Kier alpha value is -2.15. The van der Waals surface area contributed by atoms with Gasteiger partial charge in [0, 0.05) is 18.3 Å². The predicted octanol–water partition coefficient (Wildman–Crippen LogP) is 4.70. The van der Waals surface area contributed by atoms with Crippen LogP contribution in [-0.4, -0.2) is 23.3 Å². The summed E-state index contributed by atoms with van der Waals surface area (Å²) >= 11 is 5.76. The van der Waals surface area contributed by atoms with Crippen LogP contribution in [0.1, 0.15) is 18.4 Å². The number of alkyl halides is 3. The Morgan fingerprint density at radius 2 is 1.75 bits per heavy atom. The van der Waals surface area contributed by atoms with Gasteiger partial charge in [0.15, 0.2) is 0 Å². The molecule has 0 saturated heterocycles. The fraction of sp³-hybridized carbons (Fsp3) is 0.312. The van der Waals surface area contributed by atoms with Crippen LogP contribution in [0.2, 0.25) is 5.02 Å². The van der Waals surface area contributed by atoms with E-state index in [9.17, 15) is 18.3 Å². The molecule has 0 radical (unpaired) electrons. The van der Waals surface area contributed by atoms with Crippen LogP contribution in [0.5, 0.6) is 17.4 Å². The van der Waals surface area contributed by atoms with Crippen molar-refractivity contribution in [3.05, 3.63) is 47.1 Å². The van der Waals surface area contributed by atoms with E-state index in [1.807, 2.05) is 0 Å². The summed E-state index contributed by atoms with van der Waals surface area (Å²) in [7, 11) is 0. The van der Waals surface area contributed by atoms with Crippen molar-refractivity contribution < 1.29 is 27.8 Å². The van der Waals surface area contributed by atoms with E-state index in [-0.39, 0.29) is 16.7 Å². The molecule has 0 bridgehead atoms. The molecule has 1 aromatic heterocycles. The molecule has 1 heterocycles. The molecule has 0 saturated carbocycles. The van der Waals surface area contributed by atoms with Crippen LogP contribution in [0.15, 0.2) is 36.5 Å². The number of ether oxygens (including phenoxy) is 2. The molecule has 0 aliphatic heterocycles. The molecule has 0 atom stereocenters. The molecule has 0 amide bonds. The number of phenols is 1. The summed E-state index contributed by atoms with van der Waals surface area (Å²) in [5, 5.41) is 9.50. The molecule has 0 spiro atoms. The number of pyridine rings is 1. The van der Waals surface area contributed by atoms with E-state index in [2.05, 4.69) is 4.98 Å². The van der Waals surface area contributed by atoms with Gasteiger partial charge in [-0.15, -0.1) is 0 Å². The maximum absolute atomic E-state index is 12.4. The molecular weight excluding hydrogens is 347 g/mol. The lowest BCUT2D eigenvalue weighted by molar-refractivity contribution is -0.137. The highest BCUT2D eigenvalue weighted by atomic mass is 35.5. The number of halogens is 4. The van der Waals surface area contributed by atoms with E-state index < -0.39 is 11.7 Å². The first-order valence-corrected chi connectivity index (χ1v) is 7.51. The molecule has 1 aromatic carbocycles. The molecule has 0 aliphatic carbocycles. The van der Waals surface area contributed by atoms with E-state index in [1.54, 1.807) is 6.07 Å². The van der Waals surface area contributed by atoms with Crippen molar-refractivity contribution in [1.29, 1.82) is 0 Å². The Balaban J connectivity index is 1.65. The Bertz CT molecular complexity index is 663. The van der Waals surface area contributed by atoms with Gasteiger partial charge in [-0.2, -0.15) is 13.2 Å². The number of hydrogen-bond acceptors (Lipinski definition) is 4. The number of rotatable bonds is 7. The second kappa shape index (κ2) is 8.10. The Morgan fingerprint density at radius 1 is 1.04 bits per heavy atom. The van der Waals surface area contributed by atoms with E-state index >= 15 is 0 Å². The van der Waals surface area contributed by atoms with Crippen LogP contribution in [-0.2, 0) is 6.18 Å². The molecule has 8 heteroatoms. The van der Waals surface area contributed by atoms with E-state index in [0.29, 0.717) is 31.8 Å². The van der Waals surface area contributed by atoms with Crippen molar-refractivity contribution in [3.8, 4) is 17.4 Å². The Labute approximate surface area is 141 Å². The third kappa shape index (κ3) is 5.49. The van der Waals surface area contributed by atoms with Crippen LogP contribution >= 0.6 is 11.6 Å². The summed E-state index contributed by atoms with van der Waals surface area (Å²) in [6.45, 7) is 0.739. The zero-order chi connectivity index (χ0) is 17.6. The summed E-state index contributed by atoms with van der Waals surface area (Å²) in [5.41, 5.74) is -0.809. The number of hydrogen-bond donors (Lipinski definition) is 1. The third-order valence-electron chi connectivity index (χ3n) is 3.04. The molecule has 1 N–H and O–H groups in total. The van der Waals surface area contributed by atoms with Crippen LogP contribution < -0.4 is 9.47 Å². The highest BCUT2D eigenvalue weighted by Gasteiger charge is 2.30. The van der Waals surface area contributed by atoms with Crippen LogP contribution in [0.4, 0.5) is 13.2 Å². The predicted molar refractivity (Wildman–Crippen MR) is 82.6 cm³/mol. The maximum atomic E-state index is 12.4. The molecule has 24 heavy (non-hydrogen) atoms. The first kappa shape index (κ1) is 18.2. The van der Waals surface area contributed by atoms with Gasteiger partial charge in [0.05, 0.1) is 23.8 Å². The summed E-state index contributed by atoms with van der Waals surface area (Å²) in [5.74, 6) is 0.679. The zero-order valence-corrected chi connectivity index (χ0v) is 13.3. The van der Waals surface area contributed by atoms with Gasteiger partial charge in [-0.1, -0.05) is 11.6 Å². The SMILES string of the molecule is Oc1ccc(OCCCCOc2ccc(C(F)(F)F)cn2)cc1Cl. The molecular formula is C16H15ClF3NO3. The number of phenolic OH excluding ortho intramolecular Hbond substituents is 1. The number of unbranched alkanes of at least 4 members (excludes halogenated alkanes) is 1. The smallest absolute Gasteiger partial charge is 0.417 e. The van der Waals surface area contributed by atoms with Crippen LogP contribution in [0.25, 0.3) is 0 Å². The lowest BCUT2D eigenvalue weighted by atomic mass is 10.3. The van der Waals surface area contributed by atoms with Gasteiger partial charge in [-0.3, -0.25) is 0 Å². The lowest BCUT2D eigenvalue weighted by Gasteiger charge is -2.09. The number of aromatic nitrogens is 1. The Kier molecular flexibility index (Phi) is 6.14. The Morgan fingerprint density at radius 3 is 2.33 bits per heavy atom. The van der Waals surface area contributed by atoms with Gasteiger partial charge >= 0.3 is 6.18 Å². The summed E-state index contributed by atoms with van der Waals surface area (Å²) < 4.78 is 47.9. The van der Waals surface area contributed by atoms with Crippen LogP contribution in [0.3, 0.4) is 0 Å². The normalized spacial score (nSPS) is 11.3. The minimum Gasteiger partial charge on any atom is -0.506 e. The van der Waals surface area contributed by atoms with Gasteiger partial charge in [-0.25, -0.2) is 4.98 Å². The van der Waals surface area contributed by atoms with Crippen molar-refractivity contribution >= 4 is 11.6 Å². The van der Waals surface area contributed by atoms with Gasteiger partial charge in [0.25, 0.3) is 0 Å². The molecule has 2 rings (SSSR count). The average Bonchev–Trinajstić information content (AvgIpc) is 2.53. The summed E-state index contributed by atoms with van der Waals surface area (Å²) in [6, 6.07) is 6.68. The number of benzene rings is 1. The average molecular weight is 362 g/mol. The summed E-state index contributed by atoms with van der Waals surface area (Å²) in [6.07, 6.45) is -2.33. The first-order chi connectivity index (χ1) is 11.4. The molecule has 0 aliphatic rings. The van der Waals surface area contributed by atoms with E-state index in [0.717, 1.165) is 12.3 Å². The van der Waals surface area contributed by atoms with Gasteiger partial charge < -0.3 is 14.6 Å². The molecule has 4 nitrogen and oxygen atoms in total. The molecule has 0 fully saturated rings. The van der Waals surface area contributed by atoms with Crippen molar-refractivity contribution in [2.45, 2.75) is 19.0 Å². The van der Waals surface area contributed by atoms with Crippen LogP contribution in [0, 0.1) is 0 Å². The zero-order valence-electron chi connectivity index (χ0n) is 12.5. The van der Waals surface area contributed by atoms with Crippen molar-refractivity contribution in [2.24, 2.45) is 0 Å². The maximum Gasteiger partial charge on any atom is 0.417 e. The second-order valence-corrected chi connectivity index (χ2v) is 5.31. The summed E-state index contributed by atoms with van der Waals surface area (Å²) in [4.78, 5) is 3.62. The highest BCUT2D eigenvalue weighted by molar-refractivity contribution is 6.32. The standard InChI is InChI=1S/C16H15ClF3NO3/c17-13-9-12(4-5-14(13)22)23-7-1-2-8-24-15-6-3-11(10-21-15)16(18,19)20/h3-6,9-10,22H,1-2,7-8H2. The third-order valence-corrected chi connectivity index (χ3v) is 3.34. The molecule has 0 unspecified atom stereocenters. The largest absolute Gasteiger partial charge is 0.506 e. The minimum atomic E-state index is -4.40. The van der Waals surface area contributed by atoms with Gasteiger partial charge in [-0.05, 0) is 31.0 Å². The number of nitrogens with zero attached hydrogens (tertiary/aromatic N) is 1. The van der Waals surface area contributed by atoms with Crippen molar-refractivity contribution in [2.75, 3.05) is 13.2 Å². The fourth-order valence-electron chi connectivity index (χ4n) is 1.78. The van der Waals surface area contributed by atoms with E-state index in [4.69, 9.17) is 21.1 Å². The molecule has 2 aromatic rings. The van der Waals surface area contributed by atoms with Crippen molar-refractivity contribution in [3.63, 3.8) is 0 Å². The minimum absolute atomic E-state index is 0.0125.